The molecule has 0 aliphatic rings. The number of nitrogens with one attached hydrogen (secondary N) is 2. The van der Waals surface area contributed by atoms with E-state index in [-0.39, 0.29) is 4.90 Å². The monoisotopic (exact) mass is 288 g/mol. The standard InChI is InChI=1S/C12H24N4O2S/c1-4-6-15-19(17,18)12-9-14-16(10-12)8-5-7-13-11(2)3/h9-11,13,15H,4-8H2,1-3H3. The maximum absolute atomic E-state index is 11.8. The predicted molar refractivity (Wildman–Crippen MR) is 75.5 cm³/mol. The Kier molecular flexibility index (Phi) is 6.47. The first-order valence-corrected chi connectivity index (χ1v) is 8.19. The highest BCUT2D eigenvalue weighted by Crippen LogP contribution is 2.07. The largest absolute Gasteiger partial charge is 0.314 e. The molecule has 0 atom stereocenters. The molecule has 0 fully saturated rings. The zero-order chi connectivity index (χ0) is 14.3. The van der Waals surface area contributed by atoms with E-state index >= 15 is 0 Å². The second-order valence-corrected chi connectivity index (χ2v) is 6.57. The lowest BCUT2D eigenvalue weighted by molar-refractivity contribution is 0.513. The summed E-state index contributed by atoms with van der Waals surface area (Å²) >= 11 is 0. The molecule has 0 aliphatic heterocycles. The zero-order valence-corrected chi connectivity index (χ0v) is 12.7. The van der Waals surface area contributed by atoms with Crippen LogP contribution < -0.4 is 10.0 Å². The van der Waals surface area contributed by atoms with Crippen molar-refractivity contribution >= 4 is 10.0 Å². The Hall–Kier alpha value is -0.920. The highest BCUT2D eigenvalue weighted by Gasteiger charge is 2.15. The summed E-state index contributed by atoms with van der Waals surface area (Å²) < 4.78 is 27.9. The summed E-state index contributed by atoms with van der Waals surface area (Å²) in [5, 5.41) is 7.39. The lowest BCUT2D eigenvalue weighted by Crippen LogP contribution is -2.24. The van der Waals surface area contributed by atoms with Gasteiger partial charge in [0.05, 0.1) is 6.20 Å². The van der Waals surface area contributed by atoms with Crippen LogP contribution in [0.1, 0.15) is 33.6 Å². The Morgan fingerprint density at radius 3 is 2.74 bits per heavy atom. The van der Waals surface area contributed by atoms with Gasteiger partial charge in [0.2, 0.25) is 10.0 Å². The van der Waals surface area contributed by atoms with Crippen molar-refractivity contribution in [2.75, 3.05) is 13.1 Å². The molecule has 19 heavy (non-hydrogen) atoms. The van der Waals surface area contributed by atoms with Crippen molar-refractivity contribution in [2.45, 2.75) is 51.1 Å². The molecule has 0 bridgehead atoms. The van der Waals surface area contributed by atoms with Crippen molar-refractivity contribution in [3.05, 3.63) is 12.4 Å². The second kappa shape index (κ2) is 7.62. The van der Waals surface area contributed by atoms with Crippen molar-refractivity contribution < 1.29 is 8.42 Å². The number of aromatic nitrogens is 2. The fourth-order valence-corrected chi connectivity index (χ4v) is 2.64. The third-order valence-corrected chi connectivity index (χ3v) is 3.99. The molecule has 0 spiro atoms. The second-order valence-electron chi connectivity index (χ2n) is 4.80. The Bertz CT molecular complexity index is 468. The summed E-state index contributed by atoms with van der Waals surface area (Å²) in [7, 11) is -3.39. The Morgan fingerprint density at radius 2 is 2.11 bits per heavy atom. The van der Waals surface area contributed by atoms with E-state index < -0.39 is 10.0 Å². The fourth-order valence-electron chi connectivity index (χ4n) is 1.56. The van der Waals surface area contributed by atoms with Gasteiger partial charge in [-0.3, -0.25) is 4.68 Å². The summed E-state index contributed by atoms with van der Waals surface area (Å²) in [4.78, 5) is 0.234. The fraction of sp³-hybridized carbons (Fsp3) is 0.750. The zero-order valence-electron chi connectivity index (χ0n) is 11.9. The van der Waals surface area contributed by atoms with Gasteiger partial charge in [-0.1, -0.05) is 20.8 Å². The molecule has 7 heteroatoms. The van der Waals surface area contributed by atoms with E-state index in [9.17, 15) is 8.42 Å². The molecule has 0 aliphatic carbocycles. The third-order valence-electron chi connectivity index (χ3n) is 2.58. The summed E-state index contributed by atoms with van der Waals surface area (Å²) in [6, 6.07) is 0.465. The molecule has 1 aromatic heterocycles. The van der Waals surface area contributed by atoms with Crippen LogP contribution in [0, 0.1) is 0 Å². The first kappa shape index (κ1) is 16.1. The molecule has 110 valence electrons. The smallest absolute Gasteiger partial charge is 0.243 e. The van der Waals surface area contributed by atoms with Gasteiger partial charge in [-0.25, -0.2) is 13.1 Å². The molecule has 1 aromatic rings. The SMILES string of the molecule is CCCNS(=O)(=O)c1cnn(CCCNC(C)C)c1. The van der Waals surface area contributed by atoms with Crippen molar-refractivity contribution in [1.29, 1.82) is 0 Å². The summed E-state index contributed by atoms with van der Waals surface area (Å²) in [6.45, 7) is 8.17. The average Bonchev–Trinajstić information content (AvgIpc) is 2.81. The molecule has 0 saturated carbocycles. The first-order chi connectivity index (χ1) is 8.95. The minimum Gasteiger partial charge on any atom is -0.314 e. The third kappa shape index (κ3) is 5.71. The molecule has 0 amide bonds. The van der Waals surface area contributed by atoms with E-state index in [1.54, 1.807) is 10.9 Å². The number of nitrogens with zero attached hydrogens (tertiary/aromatic N) is 2. The van der Waals surface area contributed by atoms with Crippen LogP contribution in [-0.2, 0) is 16.6 Å². The lowest BCUT2D eigenvalue weighted by atomic mass is 10.3. The molecule has 0 saturated heterocycles. The van der Waals surface area contributed by atoms with E-state index in [0.29, 0.717) is 19.1 Å². The molecule has 1 heterocycles. The summed E-state index contributed by atoms with van der Waals surface area (Å²) in [5.41, 5.74) is 0. The maximum atomic E-state index is 11.8. The van der Waals surface area contributed by atoms with E-state index in [1.807, 2.05) is 6.92 Å². The molecule has 0 radical (unpaired) electrons. The molecular weight excluding hydrogens is 264 g/mol. The molecular formula is C12H24N4O2S. The Labute approximate surface area is 115 Å². The van der Waals surface area contributed by atoms with Crippen LogP contribution in [0.15, 0.2) is 17.3 Å². The van der Waals surface area contributed by atoms with Crippen LogP contribution in [0.25, 0.3) is 0 Å². The molecule has 6 nitrogen and oxygen atoms in total. The van der Waals surface area contributed by atoms with Crippen molar-refractivity contribution in [3.63, 3.8) is 0 Å². The van der Waals surface area contributed by atoms with Gasteiger partial charge in [-0.2, -0.15) is 5.10 Å². The van der Waals surface area contributed by atoms with Gasteiger partial charge in [0.25, 0.3) is 0 Å². The Balaban J connectivity index is 2.48. The average molecular weight is 288 g/mol. The lowest BCUT2D eigenvalue weighted by Gasteiger charge is -2.07. The maximum Gasteiger partial charge on any atom is 0.243 e. The highest BCUT2D eigenvalue weighted by molar-refractivity contribution is 7.89. The van der Waals surface area contributed by atoms with Gasteiger partial charge in [-0.15, -0.1) is 0 Å². The molecule has 0 unspecified atom stereocenters. The van der Waals surface area contributed by atoms with Gasteiger partial charge in [0.1, 0.15) is 4.90 Å². The van der Waals surface area contributed by atoms with Crippen LogP contribution in [0.3, 0.4) is 0 Å². The van der Waals surface area contributed by atoms with Crippen molar-refractivity contribution in [3.8, 4) is 0 Å². The van der Waals surface area contributed by atoms with Crippen LogP contribution in [-0.4, -0.2) is 37.3 Å². The topological polar surface area (TPSA) is 76.0 Å². The molecule has 2 N–H and O–H groups in total. The Morgan fingerprint density at radius 1 is 1.37 bits per heavy atom. The normalized spacial score (nSPS) is 12.2. The van der Waals surface area contributed by atoms with Crippen LogP contribution in [0.4, 0.5) is 0 Å². The summed E-state index contributed by atoms with van der Waals surface area (Å²) in [5.74, 6) is 0. The summed E-state index contributed by atoms with van der Waals surface area (Å²) in [6.07, 6.45) is 4.66. The minimum atomic E-state index is -3.39. The van der Waals surface area contributed by atoms with E-state index in [4.69, 9.17) is 0 Å². The van der Waals surface area contributed by atoms with Gasteiger partial charge in [0.15, 0.2) is 0 Å². The minimum absolute atomic E-state index is 0.234. The van der Waals surface area contributed by atoms with Crippen molar-refractivity contribution in [1.82, 2.24) is 19.8 Å². The van der Waals surface area contributed by atoms with E-state index in [1.165, 1.54) is 6.20 Å². The van der Waals surface area contributed by atoms with Gasteiger partial charge >= 0.3 is 0 Å². The quantitative estimate of drug-likeness (QED) is 0.664. The van der Waals surface area contributed by atoms with E-state index in [2.05, 4.69) is 29.0 Å². The van der Waals surface area contributed by atoms with Crippen LogP contribution in [0.2, 0.25) is 0 Å². The van der Waals surface area contributed by atoms with Gasteiger partial charge in [-0.05, 0) is 19.4 Å². The number of hydrogen-bond donors (Lipinski definition) is 2. The number of rotatable bonds is 9. The van der Waals surface area contributed by atoms with Crippen molar-refractivity contribution in [2.24, 2.45) is 0 Å². The first-order valence-electron chi connectivity index (χ1n) is 6.71. The van der Waals surface area contributed by atoms with Crippen LogP contribution in [0.5, 0.6) is 0 Å². The number of aryl methyl sites for hydroxylation is 1. The predicted octanol–water partition coefficient (Wildman–Crippen LogP) is 0.960. The highest BCUT2D eigenvalue weighted by atomic mass is 32.2. The number of hydrogen-bond acceptors (Lipinski definition) is 4. The van der Waals surface area contributed by atoms with E-state index in [0.717, 1.165) is 19.4 Å². The molecule has 1 rings (SSSR count). The number of sulfonamides is 1. The molecule has 0 aromatic carbocycles. The van der Waals surface area contributed by atoms with Crippen LogP contribution >= 0.6 is 0 Å². The van der Waals surface area contributed by atoms with Gasteiger partial charge < -0.3 is 5.32 Å². The van der Waals surface area contributed by atoms with Gasteiger partial charge in [0, 0.05) is 25.3 Å².